The Kier molecular flexibility index (Phi) is 14.2. The first kappa shape index (κ1) is 26.6. The average molecular weight is 483 g/mol. The summed E-state index contributed by atoms with van der Waals surface area (Å²) in [7, 11) is -1.12. The van der Waals surface area contributed by atoms with Gasteiger partial charge in [0.05, 0.1) is 6.10 Å². The minimum Gasteiger partial charge on any atom is -0.350 e. The molecule has 2 aromatic rings. The smallest absolute Gasteiger partial charge is 0.350 e. The normalized spacial score (nSPS) is 18.4. The molecule has 0 bridgehead atoms. The summed E-state index contributed by atoms with van der Waals surface area (Å²) in [5, 5.41) is 0. The van der Waals surface area contributed by atoms with Crippen molar-refractivity contribution in [1.82, 2.24) is 0 Å². The minimum atomic E-state index is -1.12. The van der Waals surface area contributed by atoms with Crippen LogP contribution < -0.4 is 0 Å². The standard InChI is InChI=1S/C12H23O2P.C12H9.ClH.Cu/c13-15(12-9-5-2-6-10-12)14-11-7-3-1-4-8-11;1-3-7-11(8-4-1)12-9-5-2-6-10-12;;/h11-13H,1-10H2;1-9H;1H;/q;-1;;+1. The first-order chi connectivity index (χ1) is 13.3. The summed E-state index contributed by atoms with van der Waals surface area (Å²) in [6.45, 7) is 0. The summed E-state index contributed by atoms with van der Waals surface area (Å²) in [5.41, 5.74) is 2.85. The number of rotatable bonds is 4. The summed E-state index contributed by atoms with van der Waals surface area (Å²) in [6, 6.07) is 21.5. The number of halogens is 1. The summed E-state index contributed by atoms with van der Waals surface area (Å²) in [6.07, 6.45) is 13.0. The summed E-state index contributed by atoms with van der Waals surface area (Å²) in [4.78, 5) is 10.1. The molecule has 164 valence electrons. The van der Waals surface area contributed by atoms with Gasteiger partial charge in [-0.2, -0.15) is 0 Å². The van der Waals surface area contributed by atoms with E-state index in [0.29, 0.717) is 11.8 Å². The van der Waals surface area contributed by atoms with Gasteiger partial charge in [0.2, 0.25) is 0 Å². The van der Waals surface area contributed by atoms with Crippen molar-refractivity contribution in [2.24, 2.45) is 0 Å². The summed E-state index contributed by atoms with van der Waals surface area (Å²) in [5.74, 6) is 0. The van der Waals surface area contributed by atoms with E-state index in [1.165, 1.54) is 69.8 Å². The van der Waals surface area contributed by atoms with Crippen LogP contribution in [0.25, 0.3) is 11.1 Å². The molecule has 0 heterocycles. The summed E-state index contributed by atoms with van der Waals surface area (Å²) >= 11 is 0. The molecule has 0 saturated heterocycles. The Hall–Kier alpha value is -0.401. The SMILES string of the molecule is Cl.OP(OC1CCCCC1)C1CCCCC1.[Cu+].[c-]1ccccc1-c1ccccc1. The molecule has 2 aliphatic carbocycles. The zero-order valence-electron chi connectivity index (χ0n) is 16.9. The molecule has 2 nitrogen and oxygen atoms in total. The van der Waals surface area contributed by atoms with Gasteiger partial charge in [0.1, 0.15) is 0 Å². The predicted octanol–water partition coefficient (Wildman–Crippen LogP) is 7.55. The van der Waals surface area contributed by atoms with Gasteiger partial charge in [-0.25, -0.2) is 0 Å². The molecular weight excluding hydrogens is 450 g/mol. The molecule has 2 aliphatic rings. The molecular formula is C24H33ClCuO2P. The van der Waals surface area contributed by atoms with E-state index in [1.54, 1.807) is 0 Å². The number of benzene rings is 2. The van der Waals surface area contributed by atoms with Crippen molar-refractivity contribution in [3.8, 4) is 11.1 Å². The maximum Gasteiger partial charge on any atom is 1.00 e. The molecule has 0 radical (unpaired) electrons. The average Bonchev–Trinajstić information content (AvgIpc) is 2.77. The Morgan fingerprint density at radius 1 is 0.793 bits per heavy atom. The van der Waals surface area contributed by atoms with E-state index >= 15 is 0 Å². The third-order valence-corrected chi connectivity index (χ3v) is 7.15. The van der Waals surface area contributed by atoms with Crippen molar-refractivity contribution in [1.29, 1.82) is 0 Å². The van der Waals surface area contributed by atoms with Crippen LogP contribution in [0.4, 0.5) is 0 Å². The second-order valence-electron chi connectivity index (χ2n) is 7.60. The van der Waals surface area contributed by atoms with E-state index in [-0.39, 0.29) is 29.5 Å². The van der Waals surface area contributed by atoms with Gasteiger partial charge in [-0.15, -0.1) is 48.3 Å². The van der Waals surface area contributed by atoms with E-state index in [4.69, 9.17) is 4.52 Å². The van der Waals surface area contributed by atoms with E-state index in [2.05, 4.69) is 24.3 Å². The van der Waals surface area contributed by atoms with Gasteiger partial charge in [0.25, 0.3) is 0 Å². The van der Waals surface area contributed by atoms with Gasteiger partial charge in [0, 0.05) is 5.66 Å². The molecule has 0 aliphatic heterocycles. The van der Waals surface area contributed by atoms with Crippen molar-refractivity contribution in [2.75, 3.05) is 0 Å². The Labute approximate surface area is 194 Å². The number of hydrogen-bond acceptors (Lipinski definition) is 2. The van der Waals surface area contributed by atoms with Crippen molar-refractivity contribution in [3.05, 3.63) is 60.7 Å². The van der Waals surface area contributed by atoms with Crippen LogP contribution in [0, 0.1) is 6.07 Å². The molecule has 2 fully saturated rings. The van der Waals surface area contributed by atoms with Crippen molar-refractivity contribution < 1.29 is 26.5 Å². The molecule has 1 unspecified atom stereocenters. The van der Waals surface area contributed by atoms with Crippen LogP contribution in [-0.2, 0) is 21.6 Å². The van der Waals surface area contributed by atoms with E-state index < -0.39 is 8.38 Å². The van der Waals surface area contributed by atoms with Crippen molar-refractivity contribution in [3.63, 3.8) is 0 Å². The molecule has 4 rings (SSSR count). The molecule has 2 aromatic carbocycles. The van der Waals surface area contributed by atoms with Gasteiger partial charge in [-0.05, 0) is 25.7 Å². The molecule has 2 saturated carbocycles. The third kappa shape index (κ3) is 9.51. The maximum absolute atomic E-state index is 10.1. The first-order valence-corrected chi connectivity index (χ1v) is 11.8. The molecule has 5 heteroatoms. The van der Waals surface area contributed by atoms with E-state index in [0.717, 1.165) is 5.56 Å². The van der Waals surface area contributed by atoms with Crippen LogP contribution in [0.1, 0.15) is 64.2 Å². The molecule has 29 heavy (non-hydrogen) atoms. The zero-order valence-corrected chi connectivity index (χ0v) is 19.6. The van der Waals surface area contributed by atoms with Crippen molar-refractivity contribution >= 4 is 20.8 Å². The van der Waals surface area contributed by atoms with Crippen LogP contribution in [0.3, 0.4) is 0 Å². The second kappa shape index (κ2) is 15.4. The van der Waals surface area contributed by atoms with Gasteiger partial charge < -0.3 is 9.42 Å². The molecule has 0 amide bonds. The van der Waals surface area contributed by atoms with Gasteiger partial charge in [-0.1, -0.05) is 74.4 Å². The maximum atomic E-state index is 10.1. The van der Waals surface area contributed by atoms with Gasteiger partial charge in [0.15, 0.2) is 8.38 Å². The van der Waals surface area contributed by atoms with Crippen molar-refractivity contribution in [2.45, 2.75) is 76.0 Å². The Balaban J connectivity index is 0.000000277. The van der Waals surface area contributed by atoms with Crippen LogP contribution in [-0.4, -0.2) is 16.7 Å². The fraction of sp³-hybridized carbons (Fsp3) is 0.500. The Bertz CT molecular complexity index is 594. The van der Waals surface area contributed by atoms with Gasteiger partial charge in [-0.3, -0.25) is 0 Å². The minimum absolute atomic E-state index is 0. The topological polar surface area (TPSA) is 29.5 Å². The molecule has 0 spiro atoms. The van der Waals surface area contributed by atoms with Gasteiger partial charge >= 0.3 is 17.1 Å². The monoisotopic (exact) mass is 482 g/mol. The zero-order chi connectivity index (χ0) is 18.7. The van der Waals surface area contributed by atoms with E-state index in [9.17, 15) is 4.89 Å². The molecule has 0 aromatic heterocycles. The largest absolute Gasteiger partial charge is 1.00 e. The van der Waals surface area contributed by atoms with Crippen LogP contribution in [0.2, 0.25) is 0 Å². The molecule has 1 atom stereocenters. The third-order valence-electron chi connectivity index (χ3n) is 5.49. The van der Waals surface area contributed by atoms with E-state index in [1.807, 2.05) is 36.4 Å². The van der Waals surface area contributed by atoms with Crippen LogP contribution >= 0.6 is 20.8 Å². The Morgan fingerprint density at radius 2 is 1.38 bits per heavy atom. The second-order valence-corrected chi connectivity index (χ2v) is 9.15. The quantitative estimate of drug-likeness (QED) is 0.276. The van der Waals surface area contributed by atoms with Crippen LogP contribution in [0.15, 0.2) is 54.6 Å². The van der Waals surface area contributed by atoms with Crippen LogP contribution in [0.5, 0.6) is 0 Å². The first-order valence-electron chi connectivity index (χ1n) is 10.5. The summed E-state index contributed by atoms with van der Waals surface area (Å²) < 4.78 is 5.85. The predicted molar refractivity (Wildman–Crippen MR) is 122 cm³/mol. The fourth-order valence-electron chi connectivity index (χ4n) is 3.90. The number of hydrogen-bond donors (Lipinski definition) is 1. The fourth-order valence-corrected chi connectivity index (χ4v) is 5.40. The molecule has 1 N–H and O–H groups in total. The Morgan fingerprint density at radius 3 is 1.97 bits per heavy atom.